The third-order valence-corrected chi connectivity index (χ3v) is 4.40. The molecule has 0 saturated carbocycles. The molecule has 1 atom stereocenters. The van der Waals surface area contributed by atoms with Crippen LogP contribution in [0.2, 0.25) is 0 Å². The molecule has 114 valence electrons. The first-order chi connectivity index (χ1) is 11.3. The number of fused-ring (bicyclic) bond motifs is 1. The molecule has 4 aromatic rings. The van der Waals surface area contributed by atoms with E-state index in [1.807, 2.05) is 37.3 Å². The molecule has 3 aromatic heterocycles. The smallest absolute Gasteiger partial charge is 0.257 e. The Morgan fingerprint density at radius 1 is 1.13 bits per heavy atom. The van der Waals surface area contributed by atoms with E-state index in [1.165, 1.54) is 18.1 Å². The summed E-state index contributed by atoms with van der Waals surface area (Å²) in [4.78, 5) is 20.1. The molecule has 0 aliphatic rings. The van der Waals surface area contributed by atoms with Crippen molar-refractivity contribution in [2.75, 3.05) is 0 Å². The molecule has 1 N–H and O–H groups in total. The Balaban J connectivity index is 1.59. The zero-order valence-electron chi connectivity index (χ0n) is 12.2. The van der Waals surface area contributed by atoms with Gasteiger partial charge in [0.15, 0.2) is 11.5 Å². The number of hydrogen-bond donors (Lipinski definition) is 1. The predicted molar refractivity (Wildman–Crippen MR) is 85.7 cm³/mol. The van der Waals surface area contributed by atoms with E-state index in [1.54, 1.807) is 6.33 Å². The van der Waals surface area contributed by atoms with Crippen molar-refractivity contribution in [1.29, 1.82) is 0 Å². The summed E-state index contributed by atoms with van der Waals surface area (Å²) in [7, 11) is 0. The van der Waals surface area contributed by atoms with Crippen LogP contribution in [-0.4, -0.2) is 30.1 Å². The van der Waals surface area contributed by atoms with Crippen molar-refractivity contribution in [3.05, 3.63) is 48.8 Å². The molecular weight excluding hydrogens is 312 g/mol. The van der Waals surface area contributed by atoms with Gasteiger partial charge in [0.1, 0.15) is 16.9 Å². The molecule has 1 aromatic carbocycles. The minimum absolute atomic E-state index is 0.0161. The van der Waals surface area contributed by atoms with E-state index in [0.29, 0.717) is 17.4 Å². The first-order valence-corrected chi connectivity index (χ1v) is 7.89. The van der Waals surface area contributed by atoms with Gasteiger partial charge in [0, 0.05) is 5.56 Å². The van der Waals surface area contributed by atoms with E-state index in [0.717, 1.165) is 16.1 Å². The third-order valence-electron chi connectivity index (χ3n) is 3.30. The summed E-state index contributed by atoms with van der Waals surface area (Å²) in [5.74, 6) is 1.14. The van der Waals surface area contributed by atoms with Crippen molar-refractivity contribution in [3.63, 3.8) is 0 Å². The van der Waals surface area contributed by atoms with Crippen molar-refractivity contribution < 1.29 is 4.52 Å². The summed E-state index contributed by atoms with van der Waals surface area (Å²) in [5.41, 5.74) is 2.37. The molecule has 0 aliphatic heterocycles. The minimum Gasteiger partial charge on any atom is -0.341 e. The molecule has 0 amide bonds. The van der Waals surface area contributed by atoms with Crippen LogP contribution in [0.5, 0.6) is 0 Å². The molecule has 4 rings (SSSR count). The number of H-pyrrole nitrogens is 1. The van der Waals surface area contributed by atoms with Crippen molar-refractivity contribution in [1.82, 2.24) is 30.1 Å². The summed E-state index contributed by atoms with van der Waals surface area (Å²) >= 11 is 1.53. The number of rotatable bonds is 4. The summed E-state index contributed by atoms with van der Waals surface area (Å²) < 4.78 is 5.35. The fraction of sp³-hybridized carbons (Fsp3) is 0.133. The fourth-order valence-corrected chi connectivity index (χ4v) is 3.06. The van der Waals surface area contributed by atoms with Gasteiger partial charge in [0.05, 0.1) is 11.6 Å². The highest BCUT2D eigenvalue weighted by molar-refractivity contribution is 7.99. The van der Waals surface area contributed by atoms with Crippen LogP contribution in [0.3, 0.4) is 0 Å². The lowest BCUT2D eigenvalue weighted by molar-refractivity contribution is 0.423. The van der Waals surface area contributed by atoms with Gasteiger partial charge in [-0.2, -0.15) is 4.98 Å². The Morgan fingerprint density at radius 3 is 2.87 bits per heavy atom. The van der Waals surface area contributed by atoms with Crippen LogP contribution in [0, 0.1) is 0 Å². The van der Waals surface area contributed by atoms with Gasteiger partial charge in [-0.25, -0.2) is 15.0 Å². The summed E-state index contributed by atoms with van der Waals surface area (Å²) in [6.07, 6.45) is 3.11. The van der Waals surface area contributed by atoms with Crippen molar-refractivity contribution >= 4 is 22.9 Å². The topological polar surface area (TPSA) is 93.4 Å². The predicted octanol–water partition coefficient (Wildman–Crippen LogP) is 3.26. The van der Waals surface area contributed by atoms with E-state index in [-0.39, 0.29) is 5.25 Å². The Bertz CT molecular complexity index is 935. The second-order valence-corrected chi connectivity index (χ2v) is 6.19. The number of aromatic amines is 1. The van der Waals surface area contributed by atoms with Gasteiger partial charge in [-0.05, 0) is 19.1 Å². The zero-order valence-corrected chi connectivity index (χ0v) is 13.0. The Hall–Kier alpha value is -2.74. The number of hydrogen-bond acceptors (Lipinski definition) is 7. The standard InChI is InChI=1S/C15H12N6OS/c1-9(23-15-11-13(17-7-16-11)18-8-19-15)12-20-14(22-21-12)10-5-3-2-4-6-10/h2-9H,1H3,(H,16,17,18,19). The highest BCUT2D eigenvalue weighted by Gasteiger charge is 2.18. The molecule has 7 nitrogen and oxygen atoms in total. The second-order valence-electron chi connectivity index (χ2n) is 4.86. The zero-order chi connectivity index (χ0) is 15.6. The van der Waals surface area contributed by atoms with Gasteiger partial charge in [-0.1, -0.05) is 35.1 Å². The maximum atomic E-state index is 5.35. The molecule has 0 fully saturated rings. The minimum atomic E-state index is -0.0161. The SMILES string of the molecule is CC(Sc1ncnc2nc[nH]c12)c1noc(-c2ccccc2)n1. The van der Waals surface area contributed by atoms with Gasteiger partial charge in [0.25, 0.3) is 5.89 Å². The largest absolute Gasteiger partial charge is 0.341 e. The molecule has 0 saturated heterocycles. The van der Waals surface area contributed by atoms with Crippen LogP contribution in [0.4, 0.5) is 0 Å². The van der Waals surface area contributed by atoms with E-state index < -0.39 is 0 Å². The second kappa shape index (κ2) is 5.81. The average molecular weight is 324 g/mol. The summed E-state index contributed by atoms with van der Waals surface area (Å²) in [5, 5.41) is 4.88. The van der Waals surface area contributed by atoms with Gasteiger partial charge in [-0.3, -0.25) is 0 Å². The van der Waals surface area contributed by atoms with Crippen molar-refractivity contribution in [2.24, 2.45) is 0 Å². The molecule has 3 heterocycles. The number of benzene rings is 1. The van der Waals surface area contributed by atoms with E-state index in [9.17, 15) is 0 Å². The van der Waals surface area contributed by atoms with Gasteiger partial charge >= 0.3 is 0 Å². The van der Waals surface area contributed by atoms with Crippen LogP contribution >= 0.6 is 11.8 Å². The molecule has 1 unspecified atom stereocenters. The van der Waals surface area contributed by atoms with Crippen molar-refractivity contribution in [2.45, 2.75) is 17.2 Å². The summed E-state index contributed by atoms with van der Waals surface area (Å²) in [6, 6.07) is 9.70. The van der Waals surface area contributed by atoms with Crippen LogP contribution in [0.25, 0.3) is 22.6 Å². The molecular formula is C15H12N6OS. The number of nitrogens with one attached hydrogen (secondary N) is 1. The number of nitrogens with zero attached hydrogens (tertiary/aromatic N) is 5. The third kappa shape index (κ3) is 2.68. The highest BCUT2D eigenvalue weighted by atomic mass is 32.2. The molecule has 0 bridgehead atoms. The number of imidazole rings is 1. The van der Waals surface area contributed by atoms with E-state index in [4.69, 9.17) is 4.52 Å². The molecule has 0 spiro atoms. The normalized spacial score (nSPS) is 12.6. The number of aromatic nitrogens is 6. The molecule has 23 heavy (non-hydrogen) atoms. The first-order valence-electron chi connectivity index (χ1n) is 7.01. The van der Waals surface area contributed by atoms with Crippen LogP contribution in [0.15, 0.2) is 52.5 Å². The van der Waals surface area contributed by atoms with Gasteiger partial charge in [0.2, 0.25) is 0 Å². The Kier molecular flexibility index (Phi) is 3.51. The lowest BCUT2D eigenvalue weighted by Crippen LogP contribution is -1.94. The lowest BCUT2D eigenvalue weighted by Gasteiger charge is -2.05. The average Bonchev–Trinajstić information content (AvgIpc) is 3.25. The molecule has 0 radical (unpaired) electrons. The fourth-order valence-electron chi connectivity index (χ4n) is 2.15. The molecule has 8 heteroatoms. The van der Waals surface area contributed by atoms with Gasteiger partial charge in [-0.15, -0.1) is 0 Å². The number of thioether (sulfide) groups is 1. The quantitative estimate of drug-likeness (QED) is 0.455. The Morgan fingerprint density at radius 2 is 2.00 bits per heavy atom. The Labute approximate surface area is 135 Å². The first kappa shape index (κ1) is 13.9. The summed E-state index contributed by atoms with van der Waals surface area (Å²) in [6.45, 7) is 2.01. The van der Waals surface area contributed by atoms with E-state index in [2.05, 4.69) is 30.1 Å². The van der Waals surface area contributed by atoms with Crippen molar-refractivity contribution in [3.8, 4) is 11.5 Å². The molecule has 0 aliphatic carbocycles. The van der Waals surface area contributed by atoms with E-state index >= 15 is 0 Å². The van der Waals surface area contributed by atoms with Crippen LogP contribution < -0.4 is 0 Å². The van der Waals surface area contributed by atoms with Crippen LogP contribution in [-0.2, 0) is 0 Å². The lowest BCUT2D eigenvalue weighted by atomic mass is 10.2. The monoisotopic (exact) mass is 324 g/mol. The maximum absolute atomic E-state index is 5.35. The highest BCUT2D eigenvalue weighted by Crippen LogP contribution is 2.35. The van der Waals surface area contributed by atoms with Gasteiger partial charge < -0.3 is 9.51 Å². The maximum Gasteiger partial charge on any atom is 0.257 e. The van der Waals surface area contributed by atoms with Crippen LogP contribution in [0.1, 0.15) is 18.0 Å².